The number of hydrogen-bond donors (Lipinski definition) is 1. The first-order valence-corrected chi connectivity index (χ1v) is 11.4. The molecule has 14 heteroatoms. The van der Waals surface area contributed by atoms with Crippen molar-refractivity contribution in [3.63, 3.8) is 0 Å². The first-order chi connectivity index (χ1) is 18.1. The van der Waals surface area contributed by atoms with Gasteiger partial charge in [-0.2, -0.15) is 0 Å². The number of carbonyl (C=O) groups excluding carboxylic acids is 2. The highest BCUT2D eigenvalue weighted by Gasteiger charge is 2.34. The summed E-state index contributed by atoms with van der Waals surface area (Å²) < 4.78 is 19.9. The first-order valence-electron chi connectivity index (χ1n) is 11.4. The second-order valence-electron chi connectivity index (χ2n) is 8.11. The average Bonchev–Trinajstić information content (AvgIpc) is 2.90. The number of methoxy groups -OCH3 is 3. The number of carbonyl (C=O) groups is 2. The quantitative estimate of drug-likeness (QED) is 0.277. The van der Waals surface area contributed by atoms with Crippen LogP contribution in [0, 0.1) is 20.2 Å². The lowest BCUT2D eigenvalue weighted by molar-refractivity contribution is -0.394. The van der Waals surface area contributed by atoms with Gasteiger partial charge in [0.15, 0.2) is 11.5 Å². The summed E-state index contributed by atoms with van der Waals surface area (Å²) in [6.07, 6.45) is -0.182. The van der Waals surface area contributed by atoms with Crippen LogP contribution in [0.3, 0.4) is 0 Å². The topological polar surface area (TPSA) is 173 Å². The maximum atomic E-state index is 12.8. The Bertz CT molecular complexity index is 1140. The molecule has 38 heavy (non-hydrogen) atoms. The highest BCUT2D eigenvalue weighted by atomic mass is 16.6. The second-order valence-corrected chi connectivity index (χ2v) is 8.11. The van der Waals surface area contributed by atoms with E-state index in [0.29, 0.717) is 31.0 Å². The summed E-state index contributed by atoms with van der Waals surface area (Å²) in [5.41, 5.74) is 0.824. The van der Waals surface area contributed by atoms with E-state index in [4.69, 9.17) is 14.2 Å². The van der Waals surface area contributed by atoms with Gasteiger partial charge in [-0.15, -0.1) is 0 Å². The Hall–Kier alpha value is -4.62. The van der Waals surface area contributed by atoms with Gasteiger partial charge in [0.1, 0.15) is 0 Å². The highest BCUT2D eigenvalue weighted by Crippen LogP contribution is 2.43. The van der Waals surface area contributed by atoms with E-state index in [0.717, 1.165) is 17.3 Å². The molecule has 1 heterocycles. The lowest BCUT2D eigenvalue weighted by atomic mass is 9.91. The van der Waals surface area contributed by atoms with Gasteiger partial charge in [-0.05, 0) is 31.9 Å². The summed E-state index contributed by atoms with van der Waals surface area (Å²) >= 11 is 0. The van der Waals surface area contributed by atoms with E-state index in [2.05, 4.69) is 10.1 Å². The van der Waals surface area contributed by atoms with E-state index in [1.54, 1.807) is 19.1 Å². The number of amides is 1. The molecule has 0 saturated heterocycles. The van der Waals surface area contributed by atoms with Crippen LogP contribution in [0.5, 0.6) is 11.5 Å². The van der Waals surface area contributed by atoms with Crippen LogP contribution in [0.4, 0.5) is 21.9 Å². The Morgan fingerprint density at radius 3 is 2.08 bits per heavy atom. The van der Waals surface area contributed by atoms with E-state index < -0.39 is 33.4 Å². The molecule has 0 saturated carbocycles. The predicted molar refractivity (Wildman–Crippen MR) is 135 cm³/mol. The Morgan fingerprint density at radius 1 is 1.05 bits per heavy atom. The molecule has 206 valence electrons. The zero-order valence-corrected chi connectivity index (χ0v) is 21.7. The van der Waals surface area contributed by atoms with E-state index in [-0.39, 0.29) is 18.2 Å². The van der Waals surface area contributed by atoms with Crippen LogP contribution >= 0.6 is 0 Å². The van der Waals surface area contributed by atoms with Gasteiger partial charge in [0.25, 0.3) is 17.8 Å². The van der Waals surface area contributed by atoms with Crippen molar-refractivity contribution in [1.29, 1.82) is 0 Å². The fourth-order valence-corrected chi connectivity index (χ4v) is 4.02. The Balaban J connectivity index is 0.000000926. The summed E-state index contributed by atoms with van der Waals surface area (Å²) in [4.78, 5) is 44.5. The van der Waals surface area contributed by atoms with Crippen LogP contribution in [-0.2, 0) is 20.8 Å². The lowest BCUT2D eigenvalue weighted by Gasteiger charge is -2.38. The standard InChI is InChI=1S/C21H24N4O8.C3H6O2/c1-12-5-18(16-9-19(31-2)20(32-3)10-17(16)22-12)23(21(26)33-4)11-13-6-14(24(27)28)8-15(7-13)25(29)30;1-2-5-3-4/h6-10,12,18,22H,5,11H2,1-4H3;3H,2H2,1H3. The monoisotopic (exact) mass is 534 g/mol. The highest BCUT2D eigenvalue weighted by molar-refractivity contribution is 5.71. The molecule has 2 aromatic carbocycles. The summed E-state index contributed by atoms with van der Waals surface area (Å²) in [7, 11) is 4.24. The van der Waals surface area contributed by atoms with Gasteiger partial charge in [0.2, 0.25) is 0 Å². The number of rotatable bonds is 9. The van der Waals surface area contributed by atoms with Gasteiger partial charge < -0.3 is 24.3 Å². The number of nitrogens with one attached hydrogen (secondary N) is 1. The molecule has 1 aliphatic rings. The molecule has 1 amide bonds. The molecular formula is C24H30N4O10. The van der Waals surface area contributed by atoms with Crippen molar-refractivity contribution in [2.45, 2.75) is 38.9 Å². The fourth-order valence-electron chi connectivity index (χ4n) is 4.02. The van der Waals surface area contributed by atoms with Crippen LogP contribution < -0.4 is 14.8 Å². The van der Waals surface area contributed by atoms with Gasteiger partial charge in [0, 0.05) is 35.5 Å². The Labute approximate surface area is 218 Å². The molecule has 1 N–H and O–H groups in total. The molecule has 1 aliphatic heterocycles. The van der Waals surface area contributed by atoms with E-state index in [9.17, 15) is 29.8 Å². The van der Waals surface area contributed by atoms with Crippen molar-refractivity contribution >= 4 is 29.6 Å². The van der Waals surface area contributed by atoms with Crippen LogP contribution in [0.2, 0.25) is 0 Å². The summed E-state index contributed by atoms with van der Waals surface area (Å²) in [5.74, 6) is 0.976. The third kappa shape index (κ3) is 7.21. The summed E-state index contributed by atoms with van der Waals surface area (Å²) in [6.45, 7) is 4.47. The van der Waals surface area contributed by atoms with E-state index in [1.807, 2.05) is 6.92 Å². The molecular weight excluding hydrogens is 504 g/mol. The fraction of sp³-hybridized carbons (Fsp3) is 0.417. The third-order valence-electron chi connectivity index (χ3n) is 5.65. The third-order valence-corrected chi connectivity index (χ3v) is 5.65. The van der Waals surface area contributed by atoms with Crippen LogP contribution in [-0.4, -0.2) is 61.3 Å². The summed E-state index contributed by atoms with van der Waals surface area (Å²) in [6, 6.07) is 6.29. The number of benzene rings is 2. The van der Waals surface area contributed by atoms with Crippen LogP contribution in [0.1, 0.15) is 37.4 Å². The van der Waals surface area contributed by atoms with Gasteiger partial charge in [-0.25, -0.2) is 4.79 Å². The van der Waals surface area contributed by atoms with E-state index in [1.165, 1.54) is 38.4 Å². The Kier molecular flexibility index (Phi) is 10.6. The first kappa shape index (κ1) is 29.6. The molecule has 0 fully saturated rings. The summed E-state index contributed by atoms with van der Waals surface area (Å²) in [5, 5.41) is 25.9. The molecule has 2 aromatic rings. The number of hydrogen-bond acceptors (Lipinski definition) is 11. The van der Waals surface area contributed by atoms with Crippen LogP contribution in [0.25, 0.3) is 0 Å². The van der Waals surface area contributed by atoms with Crippen molar-refractivity contribution in [3.05, 3.63) is 61.7 Å². The van der Waals surface area contributed by atoms with Crippen LogP contribution in [0.15, 0.2) is 30.3 Å². The minimum Gasteiger partial charge on any atom is -0.493 e. The molecule has 14 nitrogen and oxygen atoms in total. The smallest absolute Gasteiger partial charge is 0.410 e. The molecule has 0 aliphatic carbocycles. The molecule has 0 radical (unpaired) electrons. The van der Waals surface area contributed by atoms with Gasteiger partial charge >= 0.3 is 6.09 Å². The second kappa shape index (κ2) is 13.6. The van der Waals surface area contributed by atoms with Gasteiger partial charge in [0.05, 0.1) is 56.4 Å². The number of non-ortho nitro benzene ring substituents is 2. The number of fused-ring (bicyclic) bond motifs is 1. The molecule has 0 aromatic heterocycles. The maximum absolute atomic E-state index is 12.8. The zero-order chi connectivity index (χ0) is 28.4. The van der Waals surface area contributed by atoms with Crippen molar-refractivity contribution in [2.24, 2.45) is 0 Å². The largest absolute Gasteiger partial charge is 0.493 e. The molecule has 2 atom stereocenters. The number of nitro groups is 2. The normalized spacial score (nSPS) is 15.4. The predicted octanol–water partition coefficient (Wildman–Crippen LogP) is 4.21. The van der Waals surface area contributed by atoms with Crippen molar-refractivity contribution in [3.8, 4) is 11.5 Å². The molecule has 3 rings (SSSR count). The zero-order valence-electron chi connectivity index (χ0n) is 21.7. The Morgan fingerprint density at radius 2 is 1.63 bits per heavy atom. The maximum Gasteiger partial charge on any atom is 0.410 e. The van der Waals surface area contributed by atoms with Gasteiger partial charge in [-0.3, -0.25) is 29.9 Å². The molecule has 0 bridgehead atoms. The average molecular weight is 535 g/mol. The number of nitro benzene ring substituents is 2. The molecule has 0 spiro atoms. The number of ether oxygens (including phenoxy) is 4. The van der Waals surface area contributed by atoms with Crippen molar-refractivity contribution in [2.75, 3.05) is 33.3 Å². The minimum atomic E-state index is -0.710. The lowest BCUT2D eigenvalue weighted by Crippen LogP contribution is -2.39. The van der Waals surface area contributed by atoms with Gasteiger partial charge in [-0.1, -0.05) is 0 Å². The SMILES string of the molecule is CCOC=O.COC(=O)N(Cc1cc([N+](=O)[O-])cc([N+](=O)[O-])c1)C1CC(C)Nc2cc(OC)c(OC)cc21. The molecule has 2 unspecified atom stereocenters. The van der Waals surface area contributed by atoms with Crippen molar-refractivity contribution in [1.82, 2.24) is 4.90 Å². The number of anilines is 1. The van der Waals surface area contributed by atoms with E-state index >= 15 is 0 Å². The minimum absolute atomic E-state index is 0.0350. The van der Waals surface area contributed by atoms with Crippen molar-refractivity contribution < 1.29 is 38.4 Å². The number of nitrogens with zero attached hydrogens (tertiary/aromatic N) is 3.